The van der Waals surface area contributed by atoms with Crippen molar-refractivity contribution >= 4 is 18.3 Å². The van der Waals surface area contributed by atoms with E-state index in [9.17, 15) is 4.79 Å². The molecule has 1 aliphatic heterocycles. The predicted molar refractivity (Wildman–Crippen MR) is 98.6 cm³/mol. The Morgan fingerprint density at radius 2 is 1.91 bits per heavy atom. The second-order valence-corrected chi connectivity index (χ2v) is 6.99. The molecular weight excluding hydrogens is 306 g/mol. The van der Waals surface area contributed by atoms with Crippen LogP contribution in [0.3, 0.4) is 0 Å². The summed E-state index contributed by atoms with van der Waals surface area (Å²) in [7, 11) is 0. The SMILES string of the molecule is CCCCCCCCN1CC2CCCc3cccc(c32)C1=O.Cl. The molecule has 1 atom stereocenters. The minimum Gasteiger partial charge on any atom is -0.338 e. The lowest BCUT2D eigenvalue weighted by molar-refractivity contribution is 0.0711. The highest BCUT2D eigenvalue weighted by Gasteiger charge is 2.33. The van der Waals surface area contributed by atoms with E-state index in [1.54, 1.807) is 0 Å². The van der Waals surface area contributed by atoms with Crippen LogP contribution >= 0.6 is 12.4 Å². The second-order valence-electron chi connectivity index (χ2n) is 6.99. The Kier molecular flexibility index (Phi) is 6.95. The molecule has 0 fully saturated rings. The molecule has 1 aliphatic carbocycles. The first-order valence-electron chi connectivity index (χ1n) is 9.22. The molecule has 1 aromatic carbocycles. The summed E-state index contributed by atoms with van der Waals surface area (Å²) in [4.78, 5) is 14.9. The summed E-state index contributed by atoms with van der Waals surface area (Å²) < 4.78 is 0. The van der Waals surface area contributed by atoms with Crippen molar-refractivity contribution in [3.8, 4) is 0 Å². The van der Waals surface area contributed by atoms with Gasteiger partial charge in [0.2, 0.25) is 0 Å². The normalized spacial score (nSPS) is 19.3. The van der Waals surface area contributed by atoms with E-state index in [2.05, 4.69) is 24.0 Å². The van der Waals surface area contributed by atoms with E-state index in [1.165, 1.54) is 56.1 Å². The highest BCUT2D eigenvalue weighted by atomic mass is 35.5. The summed E-state index contributed by atoms with van der Waals surface area (Å²) in [6.07, 6.45) is 11.4. The van der Waals surface area contributed by atoms with Crippen molar-refractivity contribution in [2.75, 3.05) is 13.1 Å². The van der Waals surface area contributed by atoms with Crippen molar-refractivity contribution in [1.29, 1.82) is 0 Å². The number of nitrogens with zero attached hydrogens (tertiary/aromatic N) is 1. The van der Waals surface area contributed by atoms with Gasteiger partial charge in [0.1, 0.15) is 0 Å². The quantitative estimate of drug-likeness (QED) is 0.615. The van der Waals surface area contributed by atoms with Crippen molar-refractivity contribution in [3.05, 3.63) is 34.9 Å². The van der Waals surface area contributed by atoms with Crippen LogP contribution in [0, 0.1) is 0 Å². The fourth-order valence-corrected chi connectivity index (χ4v) is 4.16. The number of carbonyl (C=O) groups excluding carboxylic acids is 1. The third-order valence-electron chi connectivity index (χ3n) is 5.34. The summed E-state index contributed by atoms with van der Waals surface area (Å²) in [6.45, 7) is 4.16. The van der Waals surface area contributed by atoms with Crippen LogP contribution in [-0.2, 0) is 6.42 Å². The molecule has 2 nitrogen and oxygen atoms in total. The summed E-state index contributed by atoms with van der Waals surface area (Å²) in [5.74, 6) is 0.876. The molecule has 2 aliphatic rings. The van der Waals surface area contributed by atoms with E-state index in [-0.39, 0.29) is 18.3 Å². The number of carbonyl (C=O) groups is 1. The molecule has 1 heterocycles. The van der Waals surface area contributed by atoms with Gasteiger partial charge in [-0.3, -0.25) is 4.79 Å². The predicted octanol–water partition coefficient (Wildman–Crippen LogP) is 5.34. The molecule has 3 heteroatoms. The number of hydrogen-bond donors (Lipinski definition) is 0. The minimum atomic E-state index is 0. The van der Waals surface area contributed by atoms with Crippen LogP contribution < -0.4 is 0 Å². The number of hydrogen-bond acceptors (Lipinski definition) is 1. The van der Waals surface area contributed by atoms with Crippen molar-refractivity contribution in [2.45, 2.75) is 70.6 Å². The molecule has 0 saturated heterocycles. The van der Waals surface area contributed by atoms with Crippen LogP contribution in [-0.4, -0.2) is 23.9 Å². The van der Waals surface area contributed by atoms with Gasteiger partial charge in [-0.2, -0.15) is 0 Å². The van der Waals surface area contributed by atoms with Crippen molar-refractivity contribution in [2.24, 2.45) is 0 Å². The van der Waals surface area contributed by atoms with E-state index in [1.807, 2.05) is 6.07 Å². The Balaban J connectivity index is 0.00000192. The third kappa shape index (κ3) is 4.09. The molecule has 0 spiro atoms. The number of unbranched alkanes of at least 4 members (excludes halogenated alkanes) is 5. The fourth-order valence-electron chi connectivity index (χ4n) is 4.16. The molecule has 0 N–H and O–H groups in total. The van der Waals surface area contributed by atoms with Crippen LogP contribution in [0.1, 0.15) is 85.7 Å². The molecule has 23 heavy (non-hydrogen) atoms. The lowest BCUT2D eigenvalue weighted by atomic mass is 9.77. The summed E-state index contributed by atoms with van der Waals surface area (Å²) >= 11 is 0. The molecule has 3 rings (SSSR count). The van der Waals surface area contributed by atoms with Gasteiger partial charge in [0.25, 0.3) is 5.91 Å². The van der Waals surface area contributed by atoms with Crippen LogP contribution in [0.25, 0.3) is 0 Å². The number of benzene rings is 1. The smallest absolute Gasteiger partial charge is 0.254 e. The highest BCUT2D eigenvalue weighted by molar-refractivity contribution is 5.97. The van der Waals surface area contributed by atoms with Gasteiger partial charge in [-0.25, -0.2) is 0 Å². The molecule has 128 valence electrons. The highest BCUT2D eigenvalue weighted by Crippen LogP contribution is 2.38. The molecule has 1 amide bonds. The topological polar surface area (TPSA) is 20.3 Å². The van der Waals surface area contributed by atoms with E-state index in [0.717, 1.165) is 31.5 Å². The maximum Gasteiger partial charge on any atom is 0.254 e. The Morgan fingerprint density at radius 3 is 2.74 bits per heavy atom. The average Bonchev–Trinajstić information content (AvgIpc) is 2.55. The van der Waals surface area contributed by atoms with Gasteiger partial charge in [0.05, 0.1) is 0 Å². The van der Waals surface area contributed by atoms with Gasteiger partial charge in [-0.1, -0.05) is 51.2 Å². The van der Waals surface area contributed by atoms with E-state index < -0.39 is 0 Å². The van der Waals surface area contributed by atoms with Gasteiger partial charge in [0, 0.05) is 24.6 Å². The minimum absolute atomic E-state index is 0. The zero-order chi connectivity index (χ0) is 15.4. The Morgan fingerprint density at radius 1 is 1.13 bits per heavy atom. The van der Waals surface area contributed by atoms with Crippen LogP contribution in [0.5, 0.6) is 0 Å². The first kappa shape index (κ1) is 18.3. The standard InChI is InChI=1S/C20H29NO.ClH/c1-2-3-4-5-6-7-14-21-15-17-12-8-10-16-11-9-13-18(19(16)17)20(21)22;/h9,11,13,17H,2-8,10,12,14-15H2,1H3;1H. The summed E-state index contributed by atoms with van der Waals surface area (Å²) in [5.41, 5.74) is 3.82. The zero-order valence-corrected chi connectivity index (χ0v) is 15.2. The maximum atomic E-state index is 12.7. The first-order valence-corrected chi connectivity index (χ1v) is 9.22. The number of rotatable bonds is 7. The van der Waals surface area contributed by atoms with Crippen molar-refractivity contribution < 1.29 is 4.79 Å². The van der Waals surface area contributed by atoms with Gasteiger partial charge in [0.15, 0.2) is 0 Å². The van der Waals surface area contributed by atoms with E-state index in [0.29, 0.717) is 5.92 Å². The molecule has 0 saturated carbocycles. The number of halogens is 1. The number of aryl methyl sites for hydroxylation is 1. The zero-order valence-electron chi connectivity index (χ0n) is 14.4. The lowest BCUT2D eigenvalue weighted by Crippen LogP contribution is -2.41. The van der Waals surface area contributed by atoms with Crippen LogP contribution in [0.4, 0.5) is 0 Å². The van der Waals surface area contributed by atoms with Gasteiger partial charge in [-0.15, -0.1) is 12.4 Å². The van der Waals surface area contributed by atoms with Crippen molar-refractivity contribution in [1.82, 2.24) is 4.90 Å². The summed E-state index contributed by atoms with van der Waals surface area (Å²) in [6, 6.07) is 6.34. The van der Waals surface area contributed by atoms with Gasteiger partial charge >= 0.3 is 0 Å². The molecule has 0 bridgehead atoms. The largest absolute Gasteiger partial charge is 0.338 e. The summed E-state index contributed by atoms with van der Waals surface area (Å²) in [5, 5.41) is 0. The average molecular weight is 336 g/mol. The molecule has 1 unspecified atom stereocenters. The Labute approximate surface area is 147 Å². The first-order chi connectivity index (χ1) is 10.8. The van der Waals surface area contributed by atoms with E-state index in [4.69, 9.17) is 0 Å². The third-order valence-corrected chi connectivity index (χ3v) is 5.34. The molecular formula is C20H30ClNO. The monoisotopic (exact) mass is 335 g/mol. The second kappa shape index (κ2) is 8.73. The van der Waals surface area contributed by atoms with Crippen LogP contribution in [0.15, 0.2) is 18.2 Å². The molecule has 0 aromatic heterocycles. The fraction of sp³-hybridized carbons (Fsp3) is 0.650. The van der Waals surface area contributed by atoms with Crippen LogP contribution in [0.2, 0.25) is 0 Å². The lowest BCUT2D eigenvalue weighted by Gasteiger charge is -2.38. The van der Waals surface area contributed by atoms with Gasteiger partial charge < -0.3 is 4.90 Å². The molecule has 0 radical (unpaired) electrons. The molecule has 1 aromatic rings. The van der Waals surface area contributed by atoms with Crippen molar-refractivity contribution in [3.63, 3.8) is 0 Å². The maximum absolute atomic E-state index is 12.7. The Bertz CT molecular complexity index is 528. The Hall–Kier alpha value is -1.02. The van der Waals surface area contributed by atoms with E-state index >= 15 is 0 Å². The number of amides is 1. The van der Waals surface area contributed by atoms with Gasteiger partial charge in [-0.05, 0) is 42.9 Å².